The third kappa shape index (κ3) is 5.48. The van der Waals surface area contributed by atoms with Crippen LogP contribution in [-0.4, -0.2) is 39.8 Å². The smallest absolute Gasteiger partial charge is 0.256 e. The second-order valence-corrected chi connectivity index (χ2v) is 9.05. The molecule has 6 nitrogen and oxygen atoms in total. The maximum Gasteiger partial charge on any atom is 0.256 e. The van der Waals surface area contributed by atoms with Gasteiger partial charge in [0.2, 0.25) is 5.91 Å². The van der Waals surface area contributed by atoms with E-state index in [-0.39, 0.29) is 23.5 Å². The van der Waals surface area contributed by atoms with Crippen LogP contribution in [0.25, 0.3) is 0 Å². The van der Waals surface area contributed by atoms with Crippen LogP contribution in [-0.2, 0) is 10.5 Å². The van der Waals surface area contributed by atoms with Gasteiger partial charge in [-0.25, -0.2) is 14.4 Å². The summed E-state index contributed by atoms with van der Waals surface area (Å²) < 4.78 is 13.1. The Balaban J connectivity index is 1.42. The molecule has 31 heavy (non-hydrogen) atoms. The van der Waals surface area contributed by atoms with Crippen LogP contribution >= 0.6 is 23.1 Å². The number of thioether (sulfide) groups is 1. The van der Waals surface area contributed by atoms with Crippen molar-refractivity contribution in [3.05, 3.63) is 71.1 Å². The van der Waals surface area contributed by atoms with E-state index >= 15 is 0 Å². The summed E-state index contributed by atoms with van der Waals surface area (Å²) in [4.78, 5) is 36.0. The van der Waals surface area contributed by atoms with E-state index < -0.39 is 0 Å². The van der Waals surface area contributed by atoms with Crippen molar-refractivity contribution >= 4 is 40.0 Å². The van der Waals surface area contributed by atoms with Crippen LogP contribution in [0, 0.1) is 11.7 Å². The van der Waals surface area contributed by atoms with Crippen LogP contribution in [0.3, 0.4) is 0 Å². The van der Waals surface area contributed by atoms with E-state index in [9.17, 15) is 14.0 Å². The number of carbonyl (C=O) groups excluding carboxylic acids is 2. The molecule has 3 aromatic rings. The van der Waals surface area contributed by atoms with Gasteiger partial charge in [0.25, 0.3) is 5.91 Å². The Labute approximate surface area is 187 Å². The van der Waals surface area contributed by atoms with Crippen molar-refractivity contribution in [2.24, 2.45) is 5.92 Å². The molecule has 1 aliphatic rings. The minimum absolute atomic E-state index is 0.107. The van der Waals surface area contributed by atoms with Gasteiger partial charge in [-0.05, 0) is 42.7 Å². The Kier molecular flexibility index (Phi) is 6.93. The highest BCUT2D eigenvalue weighted by Crippen LogP contribution is 2.27. The van der Waals surface area contributed by atoms with Gasteiger partial charge < -0.3 is 10.2 Å². The van der Waals surface area contributed by atoms with E-state index in [2.05, 4.69) is 15.3 Å². The largest absolute Gasteiger partial charge is 0.338 e. The van der Waals surface area contributed by atoms with Crippen molar-refractivity contribution in [3.63, 3.8) is 0 Å². The molecule has 1 unspecified atom stereocenters. The molecule has 1 fully saturated rings. The summed E-state index contributed by atoms with van der Waals surface area (Å²) in [7, 11) is 0. The molecular formula is C22H21FN4O2S2. The molecule has 0 spiro atoms. The molecule has 2 amide bonds. The van der Waals surface area contributed by atoms with Crippen LogP contribution in [0.1, 0.15) is 28.8 Å². The number of pyridine rings is 1. The normalized spacial score (nSPS) is 16.2. The van der Waals surface area contributed by atoms with Gasteiger partial charge in [0.15, 0.2) is 5.13 Å². The summed E-state index contributed by atoms with van der Waals surface area (Å²) in [6.07, 6.45) is 4.80. The average molecular weight is 457 g/mol. The second-order valence-electron chi connectivity index (χ2n) is 7.19. The van der Waals surface area contributed by atoms with E-state index in [1.807, 2.05) is 0 Å². The van der Waals surface area contributed by atoms with Gasteiger partial charge in [-0.1, -0.05) is 12.1 Å². The minimum Gasteiger partial charge on any atom is -0.338 e. The first-order valence-electron chi connectivity index (χ1n) is 9.92. The first kappa shape index (κ1) is 21.5. The van der Waals surface area contributed by atoms with E-state index in [0.717, 1.165) is 18.4 Å². The number of piperidine rings is 1. The standard InChI is InChI=1S/C22H21FN4O2S2/c23-17-7-5-15(6-8-17)14-31-20-18(4-1-9-24-20)21(29)27-11-2-3-16(13-27)19(28)26-22-25-10-12-30-22/h1,4-10,12,16H,2-3,11,13-14H2,(H,25,26,28). The maximum absolute atomic E-state index is 13.2. The third-order valence-corrected chi connectivity index (χ3v) is 6.80. The van der Waals surface area contributed by atoms with E-state index in [1.165, 1.54) is 35.2 Å². The summed E-state index contributed by atoms with van der Waals surface area (Å²) in [5, 5.41) is 5.84. The van der Waals surface area contributed by atoms with Gasteiger partial charge >= 0.3 is 0 Å². The lowest BCUT2D eigenvalue weighted by atomic mass is 9.96. The number of nitrogens with zero attached hydrogens (tertiary/aromatic N) is 3. The van der Waals surface area contributed by atoms with Crippen molar-refractivity contribution in [2.45, 2.75) is 23.6 Å². The Morgan fingerprint density at radius 2 is 2.03 bits per heavy atom. The molecule has 0 radical (unpaired) electrons. The van der Waals surface area contributed by atoms with Crippen LogP contribution < -0.4 is 5.32 Å². The predicted octanol–water partition coefficient (Wildman–Crippen LogP) is 4.46. The molecule has 2 aromatic heterocycles. The fourth-order valence-corrected chi connectivity index (χ4v) is 4.91. The van der Waals surface area contributed by atoms with Crippen molar-refractivity contribution in [1.29, 1.82) is 0 Å². The maximum atomic E-state index is 13.2. The number of anilines is 1. The Bertz CT molecular complexity index is 1040. The number of nitrogens with one attached hydrogen (secondary N) is 1. The van der Waals surface area contributed by atoms with Crippen molar-refractivity contribution in [3.8, 4) is 0 Å². The van der Waals surface area contributed by atoms with Gasteiger partial charge in [-0.3, -0.25) is 9.59 Å². The fraction of sp³-hybridized carbons (Fsp3) is 0.273. The predicted molar refractivity (Wildman–Crippen MR) is 120 cm³/mol. The molecule has 9 heteroatoms. The fourth-order valence-electron chi connectivity index (χ4n) is 3.44. The third-order valence-electron chi connectivity index (χ3n) is 5.03. The van der Waals surface area contributed by atoms with Gasteiger partial charge in [0, 0.05) is 36.6 Å². The molecule has 1 saturated heterocycles. The van der Waals surface area contributed by atoms with Crippen molar-refractivity contribution in [2.75, 3.05) is 18.4 Å². The highest BCUT2D eigenvalue weighted by Gasteiger charge is 2.30. The quantitative estimate of drug-likeness (QED) is 0.555. The molecule has 0 bridgehead atoms. The number of hydrogen-bond acceptors (Lipinski definition) is 6. The Morgan fingerprint density at radius 1 is 1.19 bits per heavy atom. The first-order chi connectivity index (χ1) is 15.1. The van der Waals surface area contributed by atoms with Crippen molar-refractivity contribution < 1.29 is 14.0 Å². The molecule has 160 valence electrons. The zero-order chi connectivity index (χ0) is 21.6. The number of benzene rings is 1. The molecule has 4 rings (SSSR count). The highest BCUT2D eigenvalue weighted by atomic mass is 32.2. The van der Waals surface area contributed by atoms with E-state index in [4.69, 9.17) is 0 Å². The summed E-state index contributed by atoms with van der Waals surface area (Å²) >= 11 is 2.81. The lowest BCUT2D eigenvalue weighted by Crippen LogP contribution is -2.44. The number of carbonyl (C=O) groups is 2. The zero-order valence-corrected chi connectivity index (χ0v) is 18.3. The molecule has 1 atom stereocenters. The van der Waals surface area contributed by atoms with E-state index in [0.29, 0.717) is 34.6 Å². The zero-order valence-electron chi connectivity index (χ0n) is 16.7. The van der Waals surface area contributed by atoms with E-state index in [1.54, 1.807) is 46.9 Å². The topological polar surface area (TPSA) is 75.2 Å². The number of thiazole rings is 1. The number of likely N-dealkylation sites (tertiary alicyclic amines) is 1. The molecule has 1 N–H and O–H groups in total. The van der Waals surface area contributed by atoms with Crippen LogP contribution in [0.2, 0.25) is 0 Å². The molecule has 1 aromatic carbocycles. The summed E-state index contributed by atoms with van der Waals surface area (Å²) in [5.41, 5.74) is 1.47. The minimum atomic E-state index is -0.277. The number of halogens is 1. The summed E-state index contributed by atoms with van der Waals surface area (Å²) in [6, 6.07) is 9.80. The van der Waals surface area contributed by atoms with Gasteiger partial charge in [0.05, 0.1) is 11.5 Å². The molecule has 3 heterocycles. The van der Waals surface area contributed by atoms with Crippen LogP contribution in [0.5, 0.6) is 0 Å². The Morgan fingerprint density at radius 3 is 2.81 bits per heavy atom. The molecular weight excluding hydrogens is 435 g/mol. The molecule has 1 aliphatic heterocycles. The monoisotopic (exact) mass is 456 g/mol. The van der Waals surface area contributed by atoms with Gasteiger partial charge in [0.1, 0.15) is 10.8 Å². The van der Waals surface area contributed by atoms with Crippen LogP contribution in [0.15, 0.2) is 59.2 Å². The highest BCUT2D eigenvalue weighted by molar-refractivity contribution is 7.98. The number of aromatic nitrogens is 2. The first-order valence-corrected chi connectivity index (χ1v) is 11.8. The lowest BCUT2D eigenvalue weighted by molar-refractivity contribution is -0.121. The number of hydrogen-bond donors (Lipinski definition) is 1. The number of amides is 2. The molecule has 0 aliphatic carbocycles. The summed E-state index contributed by atoms with van der Waals surface area (Å²) in [5.74, 6) is -0.197. The van der Waals surface area contributed by atoms with Crippen molar-refractivity contribution in [1.82, 2.24) is 14.9 Å². The lowest BCUT2D eigenvalue weighted by Gasteiger charge is -2.32. The van der Waals surface area contributed by atoms with Crippen LogP contribution in [0.4, 0.5) is 9.52 Å². The van der Waals surface area contributed by atoms with Gasteiger partial charge in [-0.15, -0.1) is 23.1 Å². The summed E-state index contributed by atoms with van der Waals surface area (Å²) in [6.45, 7) is 0.976. The van der Waals surface area contributed by atoms with Gasteiger partial charge in [-0.2, -0.15) is 0 Å². The Hall–Kier alpha value is -2.78. The number of rotatable bonds is 6. The molecule has 0 saturated carbocycles. The second kappa shape index (κ2) is 10.0. The average Bonchev–Trinajstić information content (AvgIpc) is 3.31. The SMILES string of the molecule is O=C(Nc1nccs1)C1CCCN(C(=O)c2cccnc2SCc2ccc(F)cc2)C1.